The molecule has 256 valence electrons. The first-order chi connectivity index (χ1) is 23.0. The molecule has 0 aliphatic rings. The highest BCUT2D eigenvalue weighted by Crippen LogP contribution is 2.29. The number of amides is 1. The zero-order valence-electron chi connectivity index (χ0n) is 29.3. The van der Waals surface area contributed by atoms with Crippen LogP contribution in [0.3, 0.4) is 0 Å². The highest BCUT2D eigenvalue weighted by atomic mass is 28.3. The second-order valence-corrected chi connectivity index (χ2v) is 25.5. The van der Waals surface area contributed by atoms with Gasteiger partial charge in [-0.3, -0.25) is 9.63 Å². The fourth-order valence-electron chi connectivity index (χ4n) is 4.69. The second kappa shape index (κ2) is 18.0. The molecule has 0 atom stereocenters. The van der Waals surface area contributed by atoms with Gasteiger partial charge in [-0.1, -0.05) is 106 Å². The molecule has 0 N–H and O–H groups in total. The Kier molecular flexibility index (Phi) is 13.9. The molecule has 11 heteroatoms. The molecule has 2 aromatic heterocycles. The predicted octanol–water partition coefficient (Wildman–Crippen LogP) is 7.98. The minimum absolute atomic E-state index is 0.165. The van der Waals surface area contributed by atoms with Gasteiger partial charge >= 0.3 is 0 Å². The molecule has 1 amide bonds. The molecule has 0 saturated carbocycles. The lowest BCUT2D eigenvalue weighted by molar-refractivity contribution is -0.186. The van der Waals surface area contributed by atoms with Crippen molar-refractivity contribution < 1.29 is 19.1 Å². The van der Waals surface area contributed by atoms with E-state index in [2.05, 4.69) is 49.3 Å². The second-order valence-electron chi connectivity index (χ2n) is 14.2. The minimum atomic E-state index is -1.15. The molecule has 2 aromatic carbocycles. The largest absolute Gasteiger partial charge is 0.361 e. The summed E-state index contributed by atoms with van der Waals surface area (Å²) in [6.45, 7) is 16.6. The summed E-state index contributed by atoms with van der Waals surface area (Å²) < 4.78 is 15.5. The van der Waals surface area contributed by atoms with E-state index >= 15 is 0 Å². The Morgan fingerprint density at radius 3 is 1.71 bits per heavy atom. The number of benzene rings is 2. The van der Waals surface area contributed by atoms with Crippen LogP contribution in [0.5, 0.6) is 0 Å². The van der Waals surface area contributed by atoms with Crippen LogP contribution in [-0.4, -0.2) is 66.0 Å². The van der Waals surface area contributed by atoms with Crippen molar-refractivity contribution in [3.05, 3.63) is 120 Å². The van der Waals surface area contributed by atoms with Gasteiger partial charge in [0.05, 0.1) is 30.6 Å². The number of rotatable bonds is 19. The van der Waals surface area contributed by atoms with Gasteiger partial charge in [-0.15, -0.1) is 0 Å². The third kappa shape index (κ3) is 13.0. The van der Waals surface area contributed by atoms with Crippen molar-refractivity contribution in [1.29, 1.82) is 0 Å². The number of aromatic nitrogens is 4. The van der Waals surface area contributed by atoms with Gasteiger partial charge in [0.1, 0.15) is 19.5 Å². The number of imidazole rings is 2. The summed E-state index contributed by atoms with van der Waals surface area (Å²) in [6, 6.07) is 21.6. The molecule has 0 aliphatic heterocycles. The average Bonchev–Trinajstić information content (AvgIpc) is 3.71. The Balaban J connectivity index is 1.45. The molecule has 2 heterocycles. The Bertz CT molecular complexity index is 1550. The third-order valence-electron chi connectivity index (χ3n) is 7.46. The van der Waals surface area contributed by atoms with Crippen molar-refractivity contribution in [3.8, 4) is 0 Å². The lowest BCUT2D eigenvalue weighted by Crippen LogP contribution is -2.34. The smallest absolute Gasteiger partial charge is 0.271 e. The van der Waals surface area contributed by atoms with Crippen LogP contribution in [0.15, 0.2) is 97.9 Å². The normalized spacial score (nSPS) is 12.5. The Morgan fingerprint density at radius 2 is 1.23 bits per heavy atom. The molecule has 4 aromatic rings. The first-order valence-electron chi connectivity index (χ1n) is 16.6. The monoisotopic (exact) mass is 685 g/mol. The van der Waals surface area contributed by atoms with Crippen LogP contribution in [0.1, 0.15) is 28.6 Å². The van der Waals surface area contributed by atoms with Crippen molar-refractivity contribution in [3.63, 3.8) is 0 Å². The van der Waals surface area contributed by atoms with Gasteiger partial charge in [0.2, 0.25) is 0 Å². The molecular weight excluding hydrogens is 635 g/mol. The number of hydrogen-bond acceptors (Lipinski definition) is 6. The van der Waals surface area contributed by atoms with E-state index in [1.165, 1.54) is 11.1 Å². The molecule has 0 radical (unpaired) electrons. The van der Waals surface area contributed by atoms with Crippen LogP contribution in [-0.2, 0) is 32.6 Å². The van der Waals surface area contributed by atoms with Gasteiger partial charge in [0.15, 0.2) is 0 Å². The molecule has 0 saturated heterocycles. The summed E-state index contributed by atoms with van der Waals surface area (Å²) in [5.41, 5.74) is 3.31. The van der Waals surface area contributed by atoms with Gasteiger partial charge in [-0.2, -0.15) is 0 Å². The molecule has 0 bridgehead atoms. The van der Waals surface area contributed by atoms with Crippen molar-refractivity contribution in [2.75, 3.05) is 19.8 Å². The Labute approximate surface area is 287 Å². The number of nitrogens with zero attached hydrogens (tertiary/aromatic N) is 5. The zero-order valence-corrected chi connectivity index (χ0v) is 31.3. The lowest BCUT2D eigenvalue weighted by Gasteiger charge is -2.30. The standard InChI is InChI=1S/C37H51N5O4Si2/c1-47(2,3)24-22-44-30-40-26-34(38-28-40)18-13-21-46-42(37(32-14-9-7-10-15-32)33-16-11-8-12-17-33)36(43)20-19-35-27-41(29-39-35)31-45-23-25-48(4,5)6/h7-20,26-29,37H,21-25,30-31H2,1-6H3/b18-13+,20-19+. The maximum absolute atomic E-state index is 13.9. The molecule has 0 unspecified atom stereocenters. The highest BCUT2D eigenvalue weighted by molar-refractivity contribution is 6.76. The van der Waals surface area contributed by atoms with Gasteiger partial charge in [-0.25, -0.2) is 15.0 Å². The number of hydroxylamine groups is 2. The molecule has 4 rings (SSSR count). The van der Waals surface area contributed by atoms with E-state index in [0.717, 1.165) is 42.1 Å². The predicted molar refractivity (Wildman–Crippen MR) is 198 cm³/mol. The first kappa shape index (κ1) is 37.0. The number of carbonyl (C=O) groups excluding carboxylic acids is 1. The maximum Gasteiger partial charge on any atom is 0.271 e. The van der Waals surface area contributed by atoms with E-state index in [-0.39, 0.29) is 12.5 Å². The van der Waals surface area contributed by atoms with Crippen LogP contribution in [0, 0.1) is 0 Å². The maximum atomic E-state index is 13.9. The topological polar surface area (TPSA) is 83.6 Å². The van der Waals surface area contributed by atoms with E-state index in [1.54, 1.807) is 18.7 Å². The van der Waals surface area contributed by atoms with Gasteiger partial charge < -0.3 is 18.6 Å². The van der Waals surface area contributed by atoms with E-state index < -0.39 is 22.2 Å². The quantitative estimate of drug-likeness (QED) is 0.0431. The van der Waals surface area contributed by atoms with Gasteiger partial charge in [-0.05, 0) is 35.4 Å². The van der Waals surface area contributed by atoms with Crippen LogP contribution >= 0.6 is 0 Å². The summed E-state index contributed by atoms with van der Waals surface area (Å²) in [7, 11) is -2.28. The molecule has 48 heavy (non-hydrogen) atoms. The van der Waals surface area contributed by atoms with Crippen molar-refractivity contribution in [2.24, 2.45) is 0 Å². The molecule has 9 nitrogen and oxygen atoms in total. The van der Waals surface area contributed by atoms with E-state index in [4.69, 9.17) is 14.3 Å². The summed E-state index contributed by atoms with van der Waals surface area (Å²) in [5.74, 6) is -0.304. The fourth-order valence-corrected chi connectivity index (χ4v) is 6.20. The van der Waals surface area contributed by atoms with Crippen LogP contribution < -0.4 is 0 Å². The van der Waals surface area contributed by atoms with E-state index in [1.807, 2.05) is 94.3 Å². The highest BCUT2D eigenvalue weighted by Gasteiger charge is 2.27. The van der Waals surface area contributed by atoms with Gasteiger partial charge in [0.25, 0.3) is 5.91 Å². The Hall–Kier alpha value is -3.88. The Morgan fingerprint density at radius 1 is 0.750 bits per heavy atom. The zero-order chi connectivity index (χ0) is 34.4. The molecule has 0 aliphatic carbocycles. The molecule has 0 spiro atoms. The molecular formula is C37H51N5O4Si2. The third-order valence-corrected chi connectivity index (χ3v) is 10.9. The molecule has 0 fully saturated rings. The minimum Gasteiger partial charge on any atom is -0.361 e. The van der Waals surface area contributed by atoms with Crippen molar-refractivity contribution in [1.82, 2.24) is 24.2 Å². The van der Waals surface area contributed by atoms with Crippen LogP contribution in [0.4, 0.5) is 0 Å². The lowest BCUT2D eigenvalue weighted by atomic mass is 9.98. The summed E-state index contributed by atoms with van der Waals surface area (Å²) in [4.78, 5) is 29.0. The van der Waals surface area contributed by atoms with Crippen LogP contribution in [0.25, 0.3) is 12.2 Å². The van der Waals surface area contributed by atoms with Gasteiger partial charge in [0, 0.05) is 47.8 Å². The number of ether oxygens (including phenoxy) is 2. The van der Waals surface area contributed by atoms with E-state index in [0.29, 0.717) is 19.2 Å². The fraction of sp³-hybridized carbons (Fsp3) is 0.378. The average molecular weight is 686 g/mol. The summed E-state index contributed by atoms with van der Waals surface area (Å²) in [5, 5.41) is 1.44. The SMILES string of the molecule is C[Si](C)(C)CCOCn1cnc(/C=C/CON(C(=O)/C=C/c2cn(COCC[Si](C)(C)C)cn2)C(c2ccccc2)c2ccccc2)c1. The van der Waals surface area contributed by atoms with Crippen molar-refractivity contribution >= 4 is 34.2 Å². The van der Waals surface area contributed by atoms with Crippen LogP contribution in [0.2, 0.25) is 51.4 Å². The number of carbonyl (C=O) groups is 1. The van der Waals surface area contributed by atoms with Crippen molar-refractivity contribution in [2.45, 2.75) is 70.9 Å². The number of hydrogen-bond donors (Lipinski definition) is 0. The van der Waals surface area contributed by atoms with E-state index in [9.17, 15) is 4.79 Å². The summed E-state index contributed by atoms with van der Waals surface area (Å²) >= 11 is 0. The first-order valence-corrected chi connectivity index (χ1v) is 24.0. The summed E-state index contributed by atoms with van der Waals surface area (Å²) in [6.07, 6.45) is 14.2.